The fourth-order valence-electron chi connectivity index (χ4n) is 1.78. The number of urea groups is 1. The van der Waals surface area contributed by atoms with Gasteiger partial charge >= 0.3 is 6.03 Å². The van der Waals surface area contributed by atoms with Crippen molar-refractivity contribution < 1.29 is 14.3 Å². The zero-order valence-electron chi connectivity index (χ0n) is 10.8. The molecule has 1 aliphatic rings. The Morgan fingerprint density at radius 3 is 2.95 bits per heavy atom. The van der Waals surface area contributed by atoms with Crippen molar-refractivity contribution in [2.75, 3.05) is 26.7 Å². The van der Waals surface area contributed by atoms with Gasteiger partial charge in [-0.05, 0) is 12.1 Å². The third-order valence-electron chi connectivity index (χ3n) is 2.82. The van der Waals surface area contributed by atoms with Crippen molar-refractivity contribution >= 4 is 6.03 Å². The largest absolute Gasteiger partial charge is 0.497 e. The molecule has 100 valence electrons. The molecule has 0 unspecified atom stereocenters. The van der Waals surface area contributed by atoms with Crippen molar-refractivity contribution in [1.82, 2.24) is 10.2 Å². The molecule has 0 bridgehead atoms. The van der Waals surface area contributed by atoms with Gasteiger partial charge in [0, 0.05) is 6.07 Å². The first-order valence-corrected chi connectivity index (χ1v) is 6.00. The highest BCUT2D eigenvalue weighted by atomic mass is 16.5. The number of hydrogen-bond acceptors (Lipinski definition) is 3. The predicted octanol–water partition coefficient (Wildman–Crippen LogP) is 1.10. The van der Waals surface area contributed by atoms with Crippen molar-refractivity contribution in [3.63, 3.8) is 0 Å². The Kier molecular flexibility index (Phi) is 4.14. The Balaban J connectivity index is 1.78. The third kappa shape index (κ3) is 3.32. The zero-order chi connectivity index (χ0) is 13.7. The Morgan fingerprint density at radius 1 is 1.53 bits per heavy atom. The molecule has 1 aromatic carbocycles. The van der Waals surface area contributed by atoms with E-state index in [1.54, 1.807) is 12.0 Å². The summed E-state index contributed by atoms with van der Waals surface area (Å²) in [5, 5.41) is 2.61. The van der Waals surface area contributed by atoms with Gasteiger partial charge in [0.05, 0.1) is 26.7 Å². The smallest absolute Gasteiger partial charge is 0.318 e. The number of rotatable bonds is 4. The number of nitrogens with zero attached hydrogens (tertiary/aromatic N) is 1. The number of hydrogen-bond donors (Lipinski definition) is 1. The van der Waals surface area contributed by atoms with Crippen LogP contribution in [0, 0.1) is 12.3 Å². The maximum absolute atomic E-state index is 11.5. The number of methoxy groups -OCH3 is 1. The Labute approximate surface area is 112 Å². The maximum atomic E-state index is 11.5. The van der Waals surface area contributed by atoms with E-state index < -0.39 is 0 Å². The fraction of sp³-hybridized carbons (Fsp3) is 0.357. The summed E-state index contributed by atoms with van der Waals surface area (Å²) in [7, 11) is 1.61. The van der Waals surface area contributed by atoms with E-state index in [0.29, 0.717) is 13.1 Å². The second-order valence-corrected chi connectivity index (χ2v) is 4.19. The van der Waals surface area contributed by atoms with Crippen LogP contribution in [0.1, 0.15) is 0 Å². The standard InChI is InChI=1S/C14H16N2O3/c1-3-7-15-14(17)16-9-13(10-16)19-12-6-4-5-11(8-12)18-2/h1,4-6,8,13H,7,9-10H2,2H3,(H,15,17). The van der Waals surface area contributed by atoms with Crippen LogP contribution >= 0.6 is 0 Å². The number of benzene rings is 1. The topological polar surface area (TPSA) is 50.8 Å². The summed E-state index contributed by atoms with van der Waals surface area (Å²) in [6.45, 7) is 1.37. The van der Waals surface area contributed by atoms with Crippen LogP contribution in [0.2, 0.25) is 0 Å². The maximum Gasteiger partial charge on any atom is 0.318 e. The van der Waals surface area contributed by atoms with Gasteiger partial charge in [-0.3, -0.25) is 0 Å². The van der Waals surface area contributed by atoms with Crippen LogP contribution in [-0.4, -0.2) is 43.8 Å². The monoisotopic (exact) mass is 260 g/mol. The molecular weight excluding hydrogens is 244 g/mol. The highest BCUT2D eigenvalue weighted by Gasteiger charge is 2.32. The average molecular weight is 260 g/mol. The minimum Gasteiger partial charge on any atom is -0.497 e. The summed E-state index contributed by atoms with van der Waals surface area (Å²) in [6.07, 6.45) is 5.09. The molecule has 0 radical (unpaired) electrons. The highest BCUT2D eigenvalue weighted by molar-refractivity contribution is 5.75. The molecule has 1 heterocycles. The minimum atomic E-state index is -0.150. The van der Waals surface area contributed by atoms with Gasteiger partial charge in [0.15, 0.2) is 0 Å². The van der Waals surface area contributed by atoms with Gasteiger partial charge in [0.2, 0.25) is 0 Å². The molecule has 1 aromatic rings. The molecule has 1 fully saturated rings. The summed E-state index contributed by atoms with van der Waals surface area (Å²) < 4.78 is 10.9. The van der Waals surface area contributed by atoms with E-state index in [1.165, 1.54) is 0 Å². The van der Waals surface area contributed by atoms with Gasteiger partial charge in [-0.25, -0.2) is 4.79 Å². The Hall–Kier alpha value is -2.35. The van der Waals surface area contributed by atoms with Gasteiger partial charge in [0.25, 0.3) is 0 Å². The number of likely N-dealkylation sites (tertiary alicyclic amines) is 1. The SMILES string of the molecule is C#CCNC(=O)N1CC(Oc2cccc(OC)c2)C1. The molecule has 2 rings (SSSR count). The molecule has 0 saturated carbocycles. The first kappa shape index (κ1) is 13.1. The Bertz CT molecular complexity index is 490. The lowest BCUT2D eigenvalue weighted by Crippen LogP contribution is -2.58. The number of terminal acetylenes is 1. The number of amides is 2. The molecule has 5 nitrogen and oxygen atoms in total. The van der Waals surface area contributed by atoms with Gasteiger partial charge < -0.3 is 19.7 Å². The molecule has 1 N–H and O–H groups in total. The molecule has 5 heteroatoms. The van der Waals surface area contributed by atoms with Crippen LogP contribution in [0.15, 0.2) is 24.3 Å². The number of ether oxygens (including phenoxy) is 2. The molecule has 1 aliphatic heterocycles. The summed E-state index contributed by atoms with van der Waals surface area (Å²) >= 11 is 0. The molecule has 0 spiro atoms. The van der Waals surface area contributed by atoms with Gasteiger partial charge in [0.1, 0.15) is 17.6 Å². The normalized spacial score (nSPS) is 14.2. The molecule has 0 aliphatic carbocycles. The van der Waals surface area contributed by atoms with E-state index in [9.17, 15) is 4.79 Å². The van der Waals surface area contributed by atoms with E-state index in [4.69, 9.17) is 15.9 Å². The first-order valence-electron chi connectivity index (χ1n) is 6.00. The molecular formula is C14H16N2O3. The van der Waals surface area contributed by atoms with E-state index >= 15 is 0 Å². The molecule has 2 amide bonds. The second kappa shape index (κ2) is 6.01. The average Bonchev–Trinajstić information content (AvgIpc) is 2.40. The van der Waals surface area contributed by atoms with E-state index in [0.717, 1.165) is 11.5 Å². The third-order valence-corrected chi connectivity index (χ3v) is 2.82. The van der Waals surface area contributed by atoms with Crippen molar-refractivity contribution in [3.05, 3.63) is 24.3 Å². The second-order valence-electron chi connectivity index (χ2n) is 4.19. The quantitative estimate of drug-likeness (QED) is 0.825. The minimum absolute atomic E-state index is 0.0173. The number of nitrogens with one attached hydrogen (secondary N) is 1. The predicted molar refractivity (Wildman–Crippen MR) is 71.2 cm³/mol. The molecule has 1 saturated heterocycles. The van der Waals surface area contributed by atoms with Crippen LogP contribution in [0.3, 0.4) is 0 Å². The first-order chi connectivity index (χ1) is 9.22. The van der Waals surface area contributed by atoms with Crippen LogP contribution < -0.4 is 14.8 Å². The molecule has 0 aromatic heterocycles. The van der Waals surface area contributed by atoms with Crippen LogP contribution in [-0.2, 0) is 0 Å². The Morgan fingerprint density at radius 2 is 2.26 bits per heavy atom. The lowest BCUT2D eigenvalue weighted by atomic mass is 10.2. The summed E-state index contributed by atoms with van der Waals surface area (Å²) in [6, 6.07) is 7.26. The zero-order valence-corrected chi connectivity index (χ0v) is 10.8. The fourth-order valence-corrected chi connectivity index (χ4v) is 1.78. The van der Waals surface area contributed by atoms with Crippen molar-refractivity contribution in [2.24, 2.45) is 0 Å². The molecule has 0 atom stereocenters. The highest BCUT2D eigenvalue weighted by Crippen LogP contribution is 2.22. The van der Waals surface area contributed by atoms with Gasteiger partial charge in [-0.1, -0.05) is 12.0 Å². The summed E-state index contributed by atoms with van der Waals surface area (Å²) in [5.41, 5.74) is 0. The van der Waals surface area contributed by atoms with Crippen LogP contribution in [0.25, 0.3) is 0 Å². The van der Waals surface area contributed by atoms with Crippen LogP contribution in [0.5, 0.6) is 11.5 Å². The summed E-state index contributed by atoms with van der Waals surface area (Å²) in [4.78, 5) is 13.2. The van der Waals surface area contributed by atoms with E-state index in [2.05, 4.69) is 11.2 Å². The van der Waals surface area contributed by atoms with Crippen LogP contribution in [0.4, 0.5) is 4.79 Å². The van der Waals surface area contributed by atoms with Crippen molar-refractivity contribution in [1.29, 1.82) is 0 Å². The van der Waals surface area contributed by atoms with E-state index in [1.807, 2.05) is 24.3 Å². The van der Waals surface area contributed by atoms with Gasteiger partial charge in [-0.15, -0.1) is 6.42 Å². The molecule has 19 heavy (non-hydrogen) atoms. The van der Waals surface area contributed by atoms with E-state index in [-0.39, 0.29) is 18.7 Å². The van der Waals surface area contributed by atoms with Gasteiger partial charge in [-0.2, -0.15) is 0 Å². The lowest BCUT2D eigenvalue weighted by molar-refractivity contribution is 0.0447. The number of carbonyl (C=O) groups excluding carboxylic acids is 1. The number of carbonyl (C=O) groups is 1. The lowest BCUT2D eigenvalue weighted by Gasteiger charge is -2.38. The summed E-state index contributed by atoms with van der Waals surface area (Å²) in [5.74, 6) is 3.86. The van der Waals surface area contributed by atoms with Crippen molar-refractivity contribution in [3.8, 4) is 23.8 Å². The van der Waals surface area contributed by atoms with Crippen molar-refractivity contribution in [2.45, 2.75) is 6.10 Å².